The molecular formula is C11H17NO3S. The summed E-state index contributed by atoms with van der Waals surface area (Å²) in [7, 11) is -2.07. The third kappa shape index (κ3) is 3.21. The second-order valence-electron chi connectivity index (χ2n) is 3.59. The predicted octanol–water partition coefficient (Wildman–Crippen LogP) is 2.12. The Morgan fingerprint density at radius 3 is 2.31 bits per heavy atom. The first-order valence-corrected chi connectivity index (χ1v) is 6.65. The van der Waals surface area contributed by atoms with E-state index in [4.69, 9.17) is 4.74 Å². The Bertz CT molecular complexity index is 421. The molecule has 0 saturated heterocycles. The molecule has 0 radical (unpaired) electrons. The van der Waals surface area contributed by atoms with Crippen molar-refractivity contribution in [2.45, 2.75) is 25.7 Å². The summed E-state index contributed by atoms with van der Waals surface area (Å²) in [5.74, 6) is 0. The van der Waals surface area contributed by atoms with Gasteiger partial charge in [-0.15, -0.1) is 0 Å². The molecule has 0 aliphatic carbocycles. The molecule has 0 bridgehead atoms. The zero-order valence-corrected chi connectivity index (χ0v) is 10.5. The van der Waals surface area contributed by atoms with E-state index in [-0.39, 0.29) is 0 Å². The molecule has 1 rings (SSSR count). The minimum atomic E-state index is -3.46. The number of hydrogen-bond donors (Lipinski definition) is 1. The maximum atomic E-state index is 11.8. The minimum absolute atomic E-state index is 0.414. The van der Waals surface area contributed by atoms with Gasteiger partial charge >= 0.3 is 0 Å². The van der Waals surface area contributed by atoms with Crippen LogP contribution in [0, 0.1) is 6.92 Å². The molecule has 1 aromatic rings. The summed E-state index contributed by atoms with van der Waals surface area (Å²) in [6.45, 7) is 3.71. The first-order chi connectivity index (χ1) is 7.49. The Kier molecular flexibility index (Phi) is 4.32. The maximum absolute atomic E-state index is 11.8. The summed E-state index contributed by atoms with van der Waals surface area (Å²) >= 11 is 0. The van der Waals surface area contributed by atoms with Crippen LogP contribution in [0.5, 0.6) is 0 Å². The Hall–Kier alpha value is -1.07. The van der Waals surface area contributed by atoms with Crippen LogP contribution in [0.15, 0.2) is 24.3 Å². The molecule has 0 fully saturated rings. The number of aryl methyl sites for hydroxylation is 1. The van der Waals surface area contributed by atoms with Gasteiger partial charge in [0.05, 0.1) is 0 Å². The third-order valence-corrected chi connectivity index (χ3v) is 3.99. The standard InChI is InChI=1S/C11H17NO3S/c1-4-11(15-3)16(13,14)12-10-7-5-9(2)6-8-10/h5-8,11-12H,4H2,1-3H3/t11-/m0/s1. The topological polar surface area (TPSA) is 55.4 Å². The maximum Gasteiger partial charge on any atom is 0.259 e. The fourth-order valence-electron chi connectivity index (χ4n) is 1.36. The van der Waals surface area contributed by atoms with E-state index in [9.17, 15) is 8.42 Å². The van der Waals surface area contributed by atoms with Crippen LogP contribution in [0.2, 0.25) is 0 Å². The van der Waals surface area contributed by atoms with Gasteiger partial charge in [-0.25, -0.2) is 8.42 Å². The average Bonchev–Trinajstić information content (AvgIpc) is 2.22. The Balaban J connectivity index is 2.84. The van der Waals surface area contributed by atoms with Crippen LogP contribution in [-0.4, -0.2) is 21.0 Å². The zero-order valence-electron chi connectivity index (χ0n) is 9.73. The quantitative estimate of drug-likeness (QED) is 0.861. The highest BCUT2D eigenvalue weighted by Gasteiger charge is 2.22. The van der Waals surface area contributed by atoms with Crippen molar-refractivity contribution in [1.29, 1.82) is 0 Å². The second-order valence-corrected chi connectivity index (χ2v) is 5.41. The molecule has 0 amide bonds. The van der Waals surface area contributed by atoms with Gasteiger partial charge in [0, 0.05) is 12.8 Å². The summed E-state index contributed by atoms with van der Waals surface area (Å²) in [6, 6.07) is 7.17. The largest absolute Gasteiger partial charge is 0.364 e. The van der Waals surface area contributed by atoms with Gasteiger partial charge in [0.25, 0.3) is 10.0 Å². The van der Waals surface area contributed by atoms with Crippen molar-refractivity contribution in [3.8, 4) is 0 Å². The van der Waals surface area contributed by atoms with Crippen molar-refractivity contribution >= 4 is 15.7 Å². The predicted molar refractivity (Wildman–Crippen MR) is 64.8 cm³/mol. The minimum Gasteiger partial charge on any atom is -0.364 e. The molecule has 90 valence electrons. The number of methoxy groups -OCH3 is 1. The van der Waals surface area contributed by atoms with Crippen LogP contribution in [-0.2, 0) is 14.8 Å². The first kappa shape index (κ1) is 13.0. The monoisotopic (exact) mass is 243 g/mol. The van der Waals surface area contributed by atoms with Crippen LogP contribution in [0.4, 0.5) is 5.69 Å². The zero-order chi connectivity index (χ0) is 12.2. The van der Waals surface area contributed by atoms with Crippen LogP contribution >= 0.6 is 0 Å². The van der Waals surface area contributed by atoms with Gasteiger partial charge in [0.2, 0.25) is 0 Å². The van der Waals surface area contributed by atoms with E-state index >= 15 is 0 Å². The first-order valence-electron chi connectivity index (χ1n) is 5.10. The highest BCUT2D eigenvalue weighted by atomic mass is 32.2. The van der Waals surface area contributed by atoms with E-state index in [1.807, 2.05) is 19.1 Å². The van der Waals surface area contributed by atoms with E-state index in [2.05, 4.69) is 4.72 Å². The van der Waals surface area contributed by atoms with Crippen LogP contribution < -0.4 is 4.72 Å². The molecular weight excluding hydrogens is 226 g/mol. The highest BCUT2D eigenvalue weighted by Crippen LogP contribution is 2.14. The van der Waals surface area contributed by atoms with Gasteiger partial charge in [0.1, 0.15) is 0 Å². The van der Waals surface area contributed by atoms with Crippen molar-refractivity contribution in [2.75, 3.05) is 11.8 Å². The van der Waals surface area contributed by atoms with E-state index in [1.54, 1.807) is 19.1 Å². The normalized spacial score (nSPS) is 13.4. The van der Waals surface area contributed by atoms with Crippen molar-refractivity contribution < 1.29 is 13.2 Å². The molecule has 0 aliphatic heterocycles. The van der Waals surface area contributed by atoms with E-state index in [0.29, 0.717) is 12.1 Å². The van der Waals surface area contributed by atoms with E-state index in [0.717, 1.165) is 5.56 Å². The van der Waals surface area contributed by atoms with Gasteiger partial charge in [-0.3, -0.25) is 4.72 Å². The number of rotatable bonds is 5. The Morgan fingerprint density at radius 1 is 1.31 bits per heavy atom. The van der Waals surface area contributed by atoms with Gasteiger partial charge in [-0.05, 0) is 25.5 Å². The number of anilines is 1. The molecule has 0 heterocycles. The molecule has 0 aromatic heterocycles. The third-order valence-electron chi connectivity index (χ3n) is 2.25. The lowest BCUT2D eigenvalue weighted by Gasteiger charge is -2.15. The summed E-state index contributed by atoms with van der Waals surface area (Å²) in [5.41, 5.74) is 0.830. The van der Waals surface area contributed by atoms with Crippen LogP contribution in [0.1, 0.15) is 18.9 Å². The van der Waals surface area contributed by atoms with Crippen LogP contribution in [0.25, 0.3) is 0 Å². The summed E-state index contributed by atoms with van der Waals surface area (Å²) in [5, 5.41) is 0. The highest BCUT2D eigenvalue weighted by molar-refractivity contribution is 7.93. The van der Waals surface area contributed by atoms with Gasteiger partial charge in [0.15, 0.2) is 5.44 Å². The van der Waals surface area contributed by atoms with E-state index < -0.39 is 15.5 Å². The molecule has 0 aliphatic rings. The average molecular weight is 243 g/mol. The van der Waals surface area contributed by atoms with Crippen molar-refractivity contribution in [2.24, 2.45) is 0 Å². The fraction of sp³-hybridized carbons (Fsp3) is 0.455. The molecule has 1 atom stereocenters. The Morgan fingerprint density at radius 2 is 1.88 bits per heavy atom. The number of sulfonamides is 1. The smallest absolute Gasteiger partial charge is 0.259 e. The fourth-order valence-corrected chi connectivity index (χ4v) is 2.65. The lowest BCUT2D eigenvalue weighted by molar-refractivity contribution is 0.161. The molecule has 1 aromatic carbocycles. The van der Waals surface area contributed by atoms with Crippen LogP contribution in [0.3, 0.4) is 0 Å². The van der Waals surface area contributed by atoms with Gasteiger partial charge in [-0.2, -0.15) is 0 Å². The summed E-state index contributed by atoms with van der Waals surface area (Å²) < 4.78 is 31.0. The second kappa shape index (κ2) is 5.32. The van der Waals surface area contributed by atoms with Gasteiger partial charge < -0.3 is 4.74 Å². The Labute approximate surface area is 96.7 Å². The molecule has 4 nitrogen and oxygen atoms in total. The number of ether oxygens (including phenoxy) is 1. The molecule has 5 heteroatoms. The summed E-state index contributed by atoms with van der Waals surface area (Å²) in [6.07, 6.45) is 0.414. The molecule has 16 heavy (non-hydrogen) atoms. The SMILES string of the molecule is CC[C@@H](OC)S(=O)(=O)Nc1ccc(C)cc1. The number of benzene rings is 1. The lowest BCUT2D eigenvalue weighted by Crippen LogP contribution is -2.28. The van der Waals surface area contributed by atoms with E-state index in [1.165, 1.54) is 7.11 Å². The van der Waals surface area contributed by atoms with Crippen molar-refractivity contribution in [3.63, 3.8) is 0 Å². The summed E-state index contributed by atoms with van der Waals surface area (Å²) in [4.78, 5) is 0. The molecule has 1 N–H and O–H groups in total. The van der Waals surface area contributed by atoms with Crippen molar-refractivity contribution in [3.05, 3.63) is 29.8 Å². The molecule has 0 unspecified atom stereocenters. The van der Waals surface area contributed by atoms with Gasteiger partial charge in [-0.1, -0.05) is 24.6 Å². The lowest BCUT2D eigenvalue weighted by atomic mass is 10.2. The number of nitrogens with one attached hydrogen (secondary N) is 1. The molecule has 0 saturated carbocycles. The molecule has 0 spiro atoms. The van der Waals surface area contributed by atoms with Crippen molar-refractivity contribution in [1.82, 2.24) is 0 Å². The number of hydrogen-bond acceptors (Lipinski definition) is 3.